The van der Waals surface area contributed by atoms with Crippen LogP contribution in [0.25, 0.3) is 10.2 Å². The summed E-state index contributed by atoms with van der Waals surface area (Å²) in [7, 11) is 0. The number of aromatic nitrogens is 1. The number of fused-ring (bicyclic) bond motifs is 1. The van der Waals surface area contributed by atoms with Gasteiger partial charge < -0.3 is 4.90 Å². The molecule has 0 spiro atoms. The minimum absolute atomic E-state index is 0.0311. The maximum Gasteiger partial charge on any atom is 0.393 e. The van der Waals surface area contributed by atoms with E-state index in [2.05, 4.69) is 4.98 Å². The van der Waals surface area contributed by atoms with Crippen molar-refractivity contribution in [1.82, 2.24) is 4.98 Å². The zero-order chi connectivity index (χ0) is 13.5. The molecule has 1 aliphatic heterocycles. The highest BCUT2D eigenvalue weighted by Crippen LogP contribution is 2.36. The zero-order valence-electron chi connectivity index (χ0n) is 10.2. The number of halogens is 3. The Labute approximate surface area is 112 Å². The molecule has 0 amide bonds. The summed E-state index contributed by atoms with van der Waals surface area (Å²) in [4.78, 5) is 6.20. The number of benzene rings is 1. The molecule has 1 atom stereocenters. The van der Waals surface area contributed by atoms with E-state index in [1.165, 1.54) is 11.3 Å². The monoisotopic (exact) mass is 286 g/mol. The van der Waals surface area contributed by atoms with Crippen LogP contribution in [0.5, 0.6) is 0 Å². The van der Waals surface area contributed by atoms with Crippen molar-refractivity contribution in [3.8, 4) is 0 Å². The van der Waals surface area contributed by atoms with Gasteiger partial charge in [0.1, 0.15) is 0 Å². The molecule has 2 nitrogen and oxygen atoms in total. The molecule has 0 radical (unpaired) electrons. The van der Waals surface area contributed by atoms with E-state index in [0.717, 1.165) is 10.2 Å². The van der Waals surface area contributed by atoms with Crippen LogP contribution >= 0.6 is 11.3 Å². The van der Waals surface area contributed by atoms with Crippen molar-refractivity contribution in [1.29, 1.82) is 0 Å². The van der Waals surface area contributed by atoms with Crippen LogP contribution in [-0.4, -0.2) is 24.2 Å². The number of hydrogen-bond donors (Lipinski definition) is 0. The molecular weight excluding hydrogens is 273 g/mol. The molecule has 0 unspecified atom stereocenters. The van der Waals surface area contributed by atoms with Crippen molar-refractivity contribution in [2.45, 2.75) is 19.0 Å². The van der Waals surface area contributed by atoms with Crippen molar-refractivity contribution in [2.75, 3.05) is 18.0 Å². The quantitative estimate of drug-likeness (QED) is 0.785. The molecule has 3 rings (SSSR count). The SMILES string of the molecule is FC(F)(F)[C@H]1CCCN(c2nc3ccccc3s2)C1. The van der Waals surface area contributed by atoms with E-state index in [4.69, 9.17) is 0 Å². The second kappa shape index (κ2) is 4.67. The van der Waals surface area contributed by atoms with Gasteiger partial charge in [0.2, 0.25) is 0 Å². The average molecular weight is 286 g/mol. The summed E-state index contributed by atoms with van der Waals surface area (Å²) in [5.41, 5.74) is 0.858. The number of hydrogen-bond acceptors (Lipinski definition) is 3. The van der Waals surface area contributed by atoms with Gasteiger partial charge in [0.15, 0.2) is 5.13 Å². The highest BCUT2D eigenvalue weighted by molar-refractivity contribution is 7.22. The van der Waals surface area contributed by atoms with Crippen LogP contribution in [0.3, 0.4) is 0 Å². The maximum atomic E-state index is 12.8. The first-order valence-corrected chi connectivity index (χ1v) is 7.03. The van der Waals surface area contributed by atoms with Crippen LogP contribution in [0.4, 0.5) is 18.3 Å². The number of rotatable bonds is 1. The van der Waals surface area contributed by atoms with Crippen molar-refractivity contribution in [3.05, 3.63) is 24.3 Å². The predicted octanol–water partition coefficient (Wildman–Crippen LogP) is 4.08. The maximum absolute atomic E-state index is 12.8. The summed E-state index contributed by atoms with van der Waals surface area (Å²) in [6.45, 7) is 0.690. The Morgan fingerprint density at radius 1 is 1.26 bits per heavy atom. The molecule has 6 heteroatoms. The van der Waals surface area contributed by atoms with Crippen LogP contribution in [0.2, 0.25) is 0 Å². The number of nitrogens with zero attached hydrogens (tertiary/aromatic N) is 2. The fraction of sp³-hybridized carbons (Fsp3) is 0.462. The van der Waals surface area contributed by atoms with Gasteiger partial charge in [0, 0.05) is 13.1 Å². The van der Waals surface area contributed by atoms with Crippen molar-refractivity contribution < 1.29 is 13.2 Å². The molecule has 1 fully saturated rings. The van der Waals surface area contributed by atoms with Gasteiger partial charge in [-0.05, 0) is 25.0 Å². The largest absolute Gasteiger partial charge is 0.393 e. The molecule has 1 aromatic carbocycles. The summed E-state index contributed by atoms with van der Waals surface area (Å²) < 4.78 is 39.4. The first-order valence-electron chi connectivity index (χ1n) is 6.21. The minimum Gasteiger partial charge on any atom is -0.347 e. The fourth-order valence-electron chi connectivity index (χ4n) is 2.41. The predicted molar refractivity (Wildman–Crippen MR) is 70.6 cm³/mol. The third kappa shape index (κ3) is 2.54. The second-order valence-corrected chi connectivity index (χ2v) is 5.80. The van der Waals surface area contributed by atoms with Crippen LogP contribution < -0.4 is 4.90 Å². The molecule has 0 bridgehead atoms. The lowest BCUT2D eigenvalue weighted by molar-refractivity contribution is -0.175. The van der Waals surface area contributed by atoms with E-state index in [1.807, 2.05) is 24.3 Å². The second-order valence-electron chi connectivity index (χ2n) is 4.79. The van der Waals surface area contributed by atoms with Gasteiger partial charge in [-0.15, -0.1) is 0 Å². The van der Waals surface area contributed by atoms with E-state index >= 15 is 0 Å². The van der Waals surface area contributed by atoms with Gasteiger partial charge in [-0.2, -0.15) is 13.2 Å². The summed E-state index contributed by atoms with van der Waals surface area (Å²) >= 11 is 1.46. The van der Waals surface area contributed by atoms with Crippen molar-refractivity contribution in [2.24, 2.45) is 5.92 Å². The first-order chi connectivity index (χ1) is 9.04. The van der Waals surface area contributed by atoms with E-state index in [0.29, 0.717) is 18.1 Å². The van der Waals surface area contributed by atoms with Crippen molar-refractivity contribution >= 4 is 26.7 Å². The summed E-state index contributed by atoms with van der Waals surface area (Å²) in [6, 6.07) is 7.64. The average Bonchev–Trinajstić information content (AvgIpc) is 2.81. The number of piperidine rings is 1. The minimum atomic E-state index is -4.10. The van der Waals surface area contributed by atoms with Crippen molar-refractivity contribution in [3.63, 3.8) is 0 Å². The summed E-state index contributed by atoms with van der Waals surface area (Å²) in [6.07, 6.45) is -3.31. The van der Waals surface area contributed by atoms with E-state index in [1.54, 1.807) is 4.90 Å². The molecule has 1 saturated heterocycles. The molecule has 0 N–H and O–H groups in total. The Balaban J connectivity index is 1.85. The molecule has 19 heavy (non-hydrogen) atoms. The molecule has 1 aromatic heterocycles. The lowest BCUT2D eigenvalue weighted by atomic mass is 9.98. The van der Waals surface area contributed by atoms with Gasteiger partial charge in [-0.25, -0.2) is 4.98 Å². The lowest BCUT2D eigenvalue weighted by Crippen LogP contribution is -2.41. The van der Waals surface area contributed by atoms with Gasteiger partial charge in [-0.3, -0.25) is 0 Å². The molecule has 102 valence electrons. The normalized spacial score (nSPS) is 21.0. The van der Waals surface area contributed by atoms with Gasteiger partial charge in [0.25, 0.3) is 0 Å². The fourth-order valence-corrected chi connectivity index (χ4v) is 3.41. The van der Waals surface area contributed by atoms with E-state index in [-0.39, 0.29) is 13.0 Å². The Kier molecular flexibility index (Phi) is 3.12. The Morgan fingerprint density at radius 2 is 2.05 bits per heavy atom. The number of alkyl halides is 3. The molecule has 0 saturated carbocycles. The number of para-hydroxylation sites is 1. The first kappa shape index (κ1) is 12.7. The number of thiazole rings is 1. The Hall–Kier alpha value is -1.30. The topological polar surface area (TPSA) is 16.1 Å². The van der Waals surface area contributed by atoms with Crippen LogP contribution in [-0.2, 0) is 0 Å². The summed E-state index contributed by atoms with van der Waals surface area (Å²) in [5.74, 6) is -1.23. The summed E-state index contributed by atoms with van der Waals surface area (Å²) in [5, 5.41) is 0.704. The lowest BCUT2D eigenvalue weighted by Gasteiger charge is -2.33. The van der Waals surface area contributed by atoms with E-state index in [9.17, 15) is 13.2 Å². The number of anilines is 1. The van der Waals surface area contributed by atoms with E-state index < -0.39 is 12.1 Å². The Morgan fingerprint density at radius 3 is 2.79 bits per heavy atom. The highest BCUT2D eigenvalue weighted by atomic mass is 32.1. The van der Waals surface area contributed by atoms with Gasteiger partial charge in [-0.1, -0.05) is 23.5 Å². The smallest absolute Gasteiger partial charge is 0.347 e. The zero-order valence-corrected chi connectivity index (χ0v) is 11.0. The molecular formula is C13H13F3N2S. The van der Waals surface area contributed by atoms with Crippen LogP contribution in [0, 0.1) is 5.92 Å². The highest BCUT2D eigenvalue weighted by Gasteiger charge is 2.42. The standard InChI is InChI=1S/C13H13F3N2S/c14-13(15,16)9-4-3-7-18(8-9)12-17-10-5-1-2-6-11(10)19-12/h1-2,5-6,9H,3-4,7-8H2/t9-/m0/s1. The van der Waals surface area contributed by atoms with Crippen LogP contribution in [0.1, 0.15) is 12.8 Å². The van der Waals surface area contributed by atoms with Gasteiger partial charge in [0.05, 0.1) is 16.1 Å². The van der Waals surface area contributed by atoms with Crippen LogP contribution in [0.15, 0.2) is 24.3 Å². The Bertz CT molecular complexity index is 546. The third-order valence-corrected chi connectivity index (χ3v) is 4.53. The molecule has 2 heterocycles. The molecule has 2 aromatic rings. The third-order valence-electron chi connectivity index (χ3n) is 3.44. The van der Waals surface area contributed by atoms with Gasteiger partial charge >= 0.3 is 6.18 Å². The molecule has 1 aliphatic rings. The molecule has 0 aliphatic carbocycles.